The number of aromatic nitrogens is 3. The van der Waals surface area contributed by atoms with Gasteiger partial charge in [-0.1, -0.05) is 29.8 Å². The number of alkyl halides is 1. The van der Waals surface area contributed by atoms with E-state index in [9.17, 15) is 0 Å². The van der Waals surface area contributed by atoms with E-state index in [4.69, 9.17) is 4.74 Å². The Labute approximate surface area is 112 Å². The fourth-order valence-electron chi connectivity index (χ4n) is 1.63. The molecule has 0 aliphatic rings. The first-order chi connectivity index (χ1) is 7.89. The van der Waals surface area contributed by atoms with Crippen LogP contribution >= 0.6 is 15.9 Å². The lowest BCUT2D eigenvalue weighted by molar-refractivity contribution is 0.0207. The zero-order chi connectivity index (χ0) is 13.1. The van der Waals surface area contributed by atoms with Gasteiger partial charge in [-0.25, -0.2) is 0 Å². The zero-order valence-corrected chi connectivity index (χ0v) is 12.9. The third kappa shape index (κ3) is 4.07. The zero-order valence-electron chi connectivity index (χ0n) is 11.3. The number of rotatable bonds is 6. The Hall–Kier alpha value is -0.420. The van der Waals surface area contributed by atoms with Crippen LogP contribution in [0.15, 0.2) is 0 Å². The van der Waals surface area contributed by atoms with Crippen LogP contribution in [0, 0.1) is 5.92 Å². The van der Waals surface area contributed by atoms with Crippen molar-refractivity contribution in [2.24, 2.45) is 5.92 Å². The molecular formula is C12H22BrN3O. The van der Waals surface area contributed by atoms with E-state index in [2.05, 4.69) is 58.4 Å². The van der Waals surface area contributed by atoms with Gasteiger partial charge < -0.3 is 9.30 Å². The molecule has 5 heteroatoms. The fraction of sp³-hybridized carbons (Fsp3) is 0.833. The molecule has 4 nitrogen and oxygen atoms in total. The standard InChI is InChI=1S/C12H22BrN3O/c1-9(2)8-16-10(6-12(3,4)17-5)14-15-11(16)7-13/h9H,6-8H2,1-5H3. The van der Waals surface area contributed by atoms with Crippen molar-refractivity contribution in [3.8, 4) is 0 Å². The highest BCUT2D eigenvalue weighted by Crippen LogP contribution is 2.17. The van der Waals surface area contributed by atoms with Crippen molar-refractivity contribution in [3.05, 3.63) is 11.6 Å². The van der Waals surface area contributed by atoms with E-state index in [1.165, 1.54) is 0 Å². The van der Waals surface area contributed by atoms with Gasteiger partial charge in [0, 0.05) is 20.1 Å². The SMILES string of the molecule is COC(C)(C)Cc1nnc(CBr)n1CC(C)C. The lowest BCUT2D eigenvalue weighted by Gasteiger charge is -2.23. The van der Waals surface area contributed by atoms with Crippen molar-refractivity contribution >= 4 is 15.9 Å². The molecule has 0 fully saturated rings. The predicted octanol–water partition coefficient (Wildman–Crippen LogP) is 2.80. The van der Waals surface area contributed by atoms with Gasteiger partial charge in [0.05, 0.1) is 10.9 Å². The summed E-state index contributed by atoms with van der Waals surface area (Å²) in [5.74, 6) is 2.56. The first-order valence-electron chi connectivity index (χ1n) is 5.91. The molecule has 98 valence electrons. The van der Waals surface area contributed by atoms with Crippen molar-refractivity contribution in [2.45, 2.75) is 51.6 Å². The molecule has 0 spiro atoms. The Bertz CT molecular complexity index is 361. The van der Waals surface area contributed by atoms with Gasteiger partial charge >= 0.3 is 0 Å². The third-order valence-electron chi connectivity index (χ3n) is 2.71. The van der Waals surface area contributed by atoms with Crippen LogP contribution in [0.2, 0.25) is 0 Å². The van der Waals surface area contributed by atoms with Gasteiger partial charge in [0.1, 0.15) is 11.6 Å². The summed E-state index contributed by atoms with van der Waals surface area (Å²) in [6.45, 7) is 9.47. The molecule has 0 N–H and O–H groups in total. The van der Waals surface area contributed by atoms with E-state index in [1.54, 1.807) is 7.11 Å². The van der Waals surface area contributed by atoms with E-state index in [-0.39, 0.29) is 5.60 Å². The van der Waals surface area contributed by atoms with Crippen molar-refractivity contribution in [1.82, 2.24) is 14.8 Å². The molecule has 0 aliphatic heterocycles. The van der Waals surface area contributed by atoms with Gasteiger partial charge in [0.15, 0.2) is 0 Å². The number of halogens is 1. The molecule has 17 heavy (non-hydrogen) atoms. The van der Waals surface area contributed by atoms with Crippen molar-refractivity contribution < 1.29 is 4.74 Å². The van der Waals surface area contributed by atoms with Gasteiger partial charge in [-0.3, -0.25) is 0 Å². The van der Waals surface area contributed by atoms with Crippen LogP contribution in [0.25, 0.3) is 0 Å². The Balaban J connectivity index is 2.95. The van der Waals surface area contributed by atoms with Crippen LogP contribution < -0.4 is 0 Å². The van der Waals surface area contributed by atoms with Gasteiger partial charge in [0.25, 0.3) is 0 Å². The normalized spacial score (nSPS) is 12.4. The molecule has 0 saturated carbocycles. The van der Waals surface area contributed by atoms with Crippen LogP contribution in [-0.2, 0) is 23.0 Å². The molecule has 1 rings (SSSR count). The quantitative estimate of drug-likeness (QED) is 0.759. The lowest BCUT2D eigenvalue weighted by atomic mass is 10.0. The van der Waals surface area contributed by atoms with Crippen LogP contribution in [0.1, 0.15) is 39.3 Å². The van der Waals surface area contributed by atoms with Gasteiger partial charge in [-0.2, -0.15) is 0 Å². The van der Waals surface area contributed by atoms with Gasteiger partial charge in [-0.15, -0.1) is 10.2 Å². The molecule has 0 unspecified atom stereocenters. The summed E-state index contributed by atoms with van der Waals surface area (Å²) >= 11 is 3.45. The monoisotopic (exact) mass is 303 g/mol. The molecule has 1 aromatic rings. The minimum Gasteiger partial charge on any atom is -0.378 e. The largest absolute Gasteiger partial charge is 0.378 e. The smallest absolute Gasteiger partial charge is 0.143 e. The minimum absolute atomic E-state index is 0.203. The van der Waals surface area contributed by atoms with E-state index >= 15 is 0 Å². The fourth-order valence-corrected chi connectivity index (χ4v) is 2.05. The molecule has 0 atom stereocenters. The number of methoxy groups -OCH3 is 1. The van der Waals surface area contributed by atoms with E-state index in [0.29, 0.717) is 5.92 Å². The summed E-state index contributed by atoms with van der Waals surface area (Å²) < 4.78 is 7.65. The van der Waals surface area contributed by atoms with Gasteiger partial charge in [0.2, 0.25) is 0 Å². The number of hydrogen-bond acceptors (Lipinski definition) is 3. The summed E-state index contributed by atoms with van der Waals surface area (Å²) in [5, 5.41) is 9.23. The summed E-state index contributed by atoms with van der Waals surface area (Å²) in [7, 11) is 1.73. The molecule has 0 aliphatic carbocycles. The lowest BCUT2D eigenvalue weighted by Crippen LogP contribution is -2.28. The third-order valence-corrected chi connectivity index (χ3v) is 3.21. The highest BCUT2D eigenvalue weighted by Gasteiger charge is 2.22. The van der Waals surface area contributed by atoms with E-state index in [1.807, 2.05) is 0 Å². The first kappa shape index (κ1) is 14.6. The van der Waals surface area contributed by atoms with Crippen molar-refractivity contribution in [2.75, 3.05) is 7.11 Å². The van der Waals surface area contributed by atoms with Crippen LogP contribution in [0.3, 0.4) is 0 Å². The highest BCUT2D eigenvalue weighted by atomic mass is 79.9. The van der Waals surface area contributed by atoms with E-state index in [0.717, 1.165) is 29.9 Å². The second-order valence-electron chi connectivity index (χ2n) is 5.31. The Morgan fingerprint density at radius 1 is 1.29 bits per heavy atom. The summed E-state index contributed by atoms with van der Waals surface area (Å²) in [4.78, 5) is 0. The average Bonchev–Trinajstić information content (AvgIpc) is 2.60. The second kappa shape index (κ2) is 5.96. The summed E-state index contributed by atoms with van der Waals surface area (Å²) in [5.41, 5.74) is -0.203. The Morgan fingerprint density at radius 2 is 1.88 bits per heavy atom. The summed E-state index contributed by atoms with van der Waals surface area (Å²) in [6, 6.07) is 0. The number of hydrogen-bond donors (Lipinski definition) is 0. The minimum atomic E-state index is -0.203. The van der Waals surface area contributed by atoms with Gasteiger partial charge in [-0.05, 0) is 19.8 Å². The number of ether oxygens (including phenoxy) is 1. The molecular weight excluding hydrogens is 282 g/mol. The molecule has 0 radical (unpaired) electrons. The molecule has 0 bridgehead atoms. The second-order valence-corrected chi connectivity index (χ2v) is 5.87. The molecule has 0 amide bonds. The Kier molecular flexibility index (Phi) is 5.13. The molecule has 1 aromatic heterocycles. The molecule has 0 saturated heterocycles. The predicted molar refractivity (Wildman–Crippen MR) is 72.3 cm³/mol. The summed E-state index contributed by atoms with van der Waals surface area (Å²) in [6.07, 6.45) is 0.774. The van der Waals surface area contributed by atoms with Crippen LogP contribution in [0.5, 0.6) is 0 Å². The van der Waals surface area contributed by atoms with Crippen LogP contribution in [-0.4, -0.2) is 27.5 Å². The average molecular weight is 304 g/mol. The van der Waals surface area contributed by atoms with Crippen molar-refractivity contribution in [3.63, 3.8) is 0 Å². The van der Waals surface area contributed by atoms with Crippen molar-refractivity contribution in [1.29, 1.82) is 0 Å². The van der Waals surface area contributed by atoms with Crippen LogP contribution in [0.4, 0.5) is 0 Å². The highest BCUT2D eigenvalue weighted by molar-refractivity contribution is 9.08. The van der Waals surface area contributed by atoms with E-state index < -0.39 is 0 Å². The Morgan fingerprint density at radius 3 is 2.35 bits per heavy atom. The maximum absolute atomic E-state index is 5.45. The maximum atomic E-state index is 5.45. The topological polar surface area (TPSA) is 39.9 Å². The maximum Gasteiger partial charge on any atom is 0.143 e. The molecule has 0 aromatic carbocycles. The number of nitrogens with zero attached hydrogens (tertiary/aromatic N) is 3. The first-order valence-corrected chi connectivity index (χ1v) is 7.04. The molecule has 1 heterocycles.